The first kappa shape index (κ1) is 16.5. The monoisotopic (exact) mass is 341 g/mol. The topological polar surface area (TPSA) is 61.4 Å². The Kier molecular flexibility index (Phi) is 7.08. The third kappa shape index (κ3) is 5.21. The van der Waals surface area contributed by atoms with Crippen molar-refractivity contribution in [2.75, 3.05) is 26.2 Å². The van der Waals surface area contributed by atoms with Crippen LogP contribution in [0.4, 0.5) is 4.79 Å². The summed E-state index contributed by atoms with van der Waals surface area (Å²) in [4.78, 5) is 25.1. The van der Waals surface area contributed by atoms with Crippen LogP contribution in [-0.2, 0) is 0 Å². The largest absolute Gasteiger partial charge is 0.350 e. The first-order valence-electron chi connectivity index (χ1n) is 6.65. The van der Waals surface area contributed by atoms with Crippen molar-refractivity contribution in [3.8, 4) is 0 Å². The second-order valence-electron chi connectivity index (χ2n) is 4.17. The third-order valence-corrected chi connectivity index (χ3v) is 3.37. The van der Waals surface area contributed by atoms with Gasteiger partial charge in [-0.15, -0.1) is 0 Å². The molecule has 110 valence electrons. The SMILES string of the molecule is CCN(CC)C(=O)NCCNC(=O)c1ccc(Br)cc1. The van der Waals surface area contributed by atoms with Gasteiger partial charge in [0, 0.05) is 36.2 Å². The van der Waals surface area contributed by atoms with Gasteiger partial charge in [-0.2, -0.15) is 0 Å². The summed E-state index contributed by atoms with van der Waals surface area (Å²) in [5.41, 5.74) is 0.600. The highest BCUT2D eigenvalue weighted by atomic mass is 79.9. The Labute approximate surface area is 127 Å². The van der Waals surface area contributed by atoms with Gasteiger partial charge in [0.15, 0.2) is 0 Å². The van der Waals surface area contributed by atoms with Crippen molar-refractivity contribution >= 4 is 27.9 Å². The molecule has 0 saturated heterocycles. The van der Waals surface area contributed by atoms with Gasteiger partial charge in [0.1, 0.15) is 0 Å². The van der Waals surface area contributed by atoms with E-state index in [9.17, 15) is 9.59 Å². The minimum atomic E-state index is -0.144. The van der Waals surface area contributed by atoms with E-state index in [0.717, 1.165) is 4.47 Å². The second-order valence-corrected chi connectivity index (χ2v) is 5.08. The molecule has 20 heavy (non-hydrogen) atoms. The molecule has 6 heteroatoms. The molecular weight excluding hydrogens is 322 g/mol. The van der Waals surface area contributed by atoms with Gasteiger partial charge in [-0.3, -0.25) is 4.79 Å². The van der Waals surface area contributed by atoms with Crippen molar-refractivity contribution in [3.63, 3.8) is 0 Å². The van der Waals surface area contributed by atoms with E-state index in [1.807, 2.05) is 26.0 Å². The van der Waals surface area contributed by atoms with Crippen molar-refractivity contribution in [2.45, 2.75) is 13.8 Å². The van der Waals surface area contributed by atoms with Crippen molar-refractivity contribution in [1.29, 1.82) is 0 Å². The van der Waals surface area contributed by atoms with E-state index in [4.69, 9.17) is 0 Å². The molecule has 1 aromatic rings. The van der Waals surface area contributed by atoms with Crippen molar-refractivity contribution < 1.29 is 9.59 Å². The molecule has 0 atom stereocenters. The number of nitrogens with zero attached hydrogens (tertiary/aromatic N) is 1. The first-order valence-corrected chi connectivity index (χ1v) is 7.44. The van der Waals surface area contributed by atoms with E-state index in [1.54, 1.807) is 17.0 Å². The van der Waals surface area contributed by atoms with Crippen molar-refractivity contribution in [2.24, 2.45) is 0 Å². The number of carbonyl (C=O) groups excluding carboxylic acids is 2. The van der Waals surface area contributed by atoms with Crippen LogP contribution in [0.5, 0.6) is 0 Å². The number of urea groups is 1. The predicted octanol–water partition coefficient (Wildman–Crippen LogP) is 2.23. The molecule has 1 rings (SSSR count). The number of hydrogen-bond acceptors (Lipinski definition) is 2. The lowest BCUT2D eigenvalue weighted by Crippen LogP contribution is -2.42. The van der Waals surface area contributed by atoms with Crippen LogP contribution in [0.3, 0.4) is 0 Å². The Morgan fingerprint density at radius 3 is 2.15 bits per heavy atom. The number of amides is 3. The molecule has 0 unspecified atom stereocenters. The lowest BCUT2D eigenvalue weighted by Gasteiger charge is -2.19. The zero-order valence-corrected chi connectivity index (χ0v) is 13.4. The first-order chi connectivity index (χ1) is 9.58. The van der Waals surface area contributed by atoms with Crippen LogP contribution >= 0.6 is 15.9 Å². The van der Waals surface area contributed by atoms with Gasteiger partial charge in [-0.1, -0.05) is 15.9 Å². The Morgan fingerprint density at radius 1 is 1.05 bits per heavy atom. The molecule has 0 aromatic heterocycles. The number of carbonyl (C=O) groups is 2. The van der Waals surface area contributed by atoms with Crippen molar-refractivity contribution in [3.05, 3.63) is 34.3 Å². The standard InChI is InChI=1S/C14H20BrN3O2/c1-3-18(4-2)14(20)17-10-9-16-13(19)11-5-7-12(15)8-6-11/h5-8H,3-4,9-10H2,1-2H3,(H,16,19)(H,17,20). The van der Waals surface area contributed by atoms with E-state index >= 15 is 0 Å². The van der Waals surface area contributed by atoms with Crippen molar-refractivity contribution in [1.82, 2.24) is 15.5 Å². The van der Waals surface area contributed by atoms with Gasteiger partial charge in [-0.05, 0) is 38.1 Å². The zero-order chi connectivity index (χ0) is 15.0. The number of halogens is 1. The van der Waals surface area contributed by atoms with Gasteiger partial charge in [0.25, 0.3) is 5.91 Å². The van der Waals surface area contributed by atoms with E-state index in [0.29, 0.717) is 31.7 Å². The molecule has 0 bridgehead atoms. The smallest absolute Gasteiger partial charge is 0.317 e. The minimum absolute atomic E-state index is 0.104. The summed E-state index contributed by atoms with van der Waals surface area (Å²) in [6, 6.07) is 7.02. The van der Waals surface area contributed by atoms with E-state index in [1.165, 1.54) is 0 Å². The summed E-state index contributed by atoms with van der Waals surface area (Å²) < 4.78 is 0.931. The lowest BCUT2D eigenvalue weighted by atomic mass is 10.2. The summed E-state index contributed by atoms with van der Waals surface area (Å²) in [6.45, 7) is 6.03. The normalized spacial score (nSPS) is 9.95. The van der Waals surface area contributed by atoms with Gasteiger partial charge < -0.3 is 15.5 Å². The van der Waals surface area contributed by atoms with E-state index in [2.05, 4.69) is 26.6 Å². The fraction of sp³-hybridized carbons (Fsp3) is 0.429. The molecule has 5 nitrogen and oxygen atoms in total. The number of hydrogen-bond donors (Lipinski definition) is 2. The number of rotatable bonds is 6. The van der Waals surface area contributed by atoms with Gasteiger partial charge >= 0.3 is 6.03 Å². The van der Waals surface area contributed by atoms with Crippen LogP contribution in [0.1, 0.15) is 24.2 Å². The Bertz CT molecular complexity index is 444. The highest BCUT2D eigenvalue weighted by molar-refractivity contribution is 9.10. The van der Waals surface area contributed by atoms with Crippen LogP contribution in [0, 0.1) is 0 Å². The molecule has 0 heterocycles. The number of benzene rings is 1. The molecule has 0 fully saturated rings. The molecule has 0 aliphatic rings. The number of nitrogens with one attached hydrogen (secondary N) is 2. The predicted molar refractivity (Wildman–Crippen MR) is 82.8 cm³/mol. The van der Waals surface area contributed by atoms with Crippen LogP contribution in [0.2, 0.25) is 0 Å². The molecule has 1 aromatic carbocycles. The average molecular weight is 342 g/mol. The fourth-order valence-corrected chi connectivity index (χ4v) is 1.94. The molecule has 2 N–H and O–H groups in total. The summed E-state index contributed by atoms with van der Waals surface area (Å²) >= 11 is 3.32. The van der Waals surface area contributed by atoms with Gasteiger partial charge in [0.05, 0.1) is 0 Å². The average Bonchev–Trinajstić information content (AvgIpc) is 2.45. The Balaban J connectivity index is 2.29. The molecular formula is C14H20BrN3O2. The summed E-state index contributed by atoms with van der Waals surface area (Å²) in [5.74, 6) is -0.144. The van der Waals surface area contributed by atoms with Crippen LogP contribution in [0.25, 0.3) is 0 Å². The maximum atomic E-state index is 11.8. The van der Waals surface area contributed by atoms with Crippen LogP contribution in [-0.4, -0.2) is 43.0 Å². The Morgan fingerprint density at radius 2 is 1.60 bits per heavy atom. The fourth-order valence-electron chi connectivity index (χ4n) is 1.67. The van der Waals surface area contributed by atoms with E-state index in [-0.39, 0.29) is 11.9 Å². The summed E-state index contributed by atoms with van der Waals surface area (Å²) in [6.07, 6.45) is 0. The minimum Gasteiger partial charge on any atom is -0.350 e. The molecule has 0 aliphatic carbocycles. The van der Waals surface area contributed by atoms with Gasteiger partial charge in [-0.25, -0.2) is 4.79 Å². The Hall–Kier alpha value is -1.56. The van der Waals surface area contributed by atoms with E-state index < -0.39 is 0 Å². The third-order valence-electron chi connectivity index (χ3n) is 2.84. The molecule has 3 amide bonds. The molecule has 0 radical (unpaired) electrons. The maximum absolute atomic E-state index is 11.8. The molecule has 0 saturated carbocycles. The second kappa shape index (κ2) is 8.58. The maximum Gasteiger partial charge on any atom is 0.317 e. The molecule has 0 aliphatic heterocycles. The molecule has 0 spiro atoms. The highest BCUT2D eigenvalue weighted by Crippen LogP contribution is 2.10. The summed E-state index contributed by atoms with van der Waals surface area (Å²) in [7, 11) is 0. The van der Waals surface area contributed by atoms with Crippen LogP contribution in [0.15, 0.2) is 28.7 Å². The van der Waals surface area contributed by atoms with Gasteiger partial charge in [0.2, 0.25) is 0 Å². The highest BCUT2D eigenvalue weighted by Gasteiger charge is 2.08. The quantitative estimate of drug-likeness (QED) is 0.779. The summed E-state index contributed by atoms with van der Waals surface area (Å²) in [5, 5.41) is 5.53. The lowest BCUT2D eigenvalue weighted by molar-refractivity contribution is 0.0953. The van der Waals surface area contributed by atoms with Crippen LogP contribution < -0.4 is 10.6 Å². The zero-order valence-electron chi connectivity index (χ0n) is 11.8.